The molecule has 1 fully saturated rings. The summed E-state index contributed by atoms with van der Waals surface area (Å²) in [6.45, 7) is 6.51. The van der Waals surface area contributed by atoms with E-state index < -0.39 is 10.0 Å². The highest BCUT2D eigenvalue weighted by Gasteiger charge is 2.24. The molecule has 0 saturated carbocycles. The van der Waals surface area contributed by atoms with Gasteiger partial charge in [-0.3, -0.25) is 4.99 Å². The van der Waals surface area contributed by atoms with E-state index in [2.05, 4.69) is 29.5 Å². The van der Waals surface area contributed by atoms with Crippen LogP contribution in [0.4, 0.5) is 0 Å². The third kappa shape index (κ3) is 8.01. The monoisotopic (exact) mass is 346 g/mol. The molecule has 0 amide bonds. The van der Waals surface area contributed by atoms with Gasteiger partial charge >= 0.3 is 0 Å². The van der Waals surface area contributed by atoms with E-state index >= 15 is 0 Å². The summed E-state index contributed by atoms with van der Waals surface area (Å²) >= 11 is 0. The Labute approximate surface area is 142 Å². The van der Waals surface area contributed by atoms with Crippen LogP contribution in [0.15, 0.2) is 4.99 Å². The molecule has 1 aliphatic heterocycles. The first-order valence-electron chi connectivity index (χ1n) is 8.79. The molecule has 0 bridgehead atoms. The van der Waals surface area contributed by atoms with Gasteiger partial charge in [-0.25, -0.2) is 12.7 Å². The molecule has 1 heterocycles. The van der Waals surface area contributed by atoms with E-state index in [-0.39, 0.29) is 0 Å². The predicted molar refractivity (Wildman–Crippen MR) is 97.2 cm³/mol. The number of aliphatic imine (C=N–C) groups is 1. The number of rotatable bonds is 8. The van der Waals surface area contributed by atoms with Gasteiger partial charge < -0.3 is 10.6 Å². The zero-order valence-corrected chi connectivity index (χ0v) is 16.0. The highest BCUT2D eigenvalue weighted by molar-refractivity contribution is 7.88. The average Bonchev–Trinajstić information content (AvgIpc) is 2.51. The normalized spacial score (nSPS) is 19.6. The second-order valence-corrected chi connectivity index (χ2v) is 8.58. The van der Waals surface area contributed by atoms with E-state index in [9.17, 15) is 8.42 Å². The van der Waals surface area contributed by atoms with E-state index in [0.29, 0.717) is 25.0 Å². The van der Waals surface area contributed by atoms with Crippen molar-refractivity contribution in [2.75, 3.05) is 32.9 Å². The van der Waals surface area contributed by atoms with Crippen LogP contribution in [-0.2, 0) is 10.0 Å². The molecule has 136 valence electrons. The van der Waals surface area contributed by atoms with Crippen LogP contribution in [0.25, 0.3) is 0 Å². The van der Waals surface area contributed by atoms with Crippen molar-refractivity contribution < 1.29 is 8.42 Å². The number of unbranched alkanes of at least 4 members (excludes halogenated alkanes) is 2. The van der Waals surface area contributed by atoms with Gasteiger partial charge in [-0.2, -0.15) is 0 Å². The maximum atomic E-state index is 11.5. The number of sulfonamides is 1. The lowest BCUT2D eigenvalue weighted by Gasteiger charge is -2.30. The maximum Gasteiger partial charge on any atom is 0.211 e. The Bertz CT molecular complexity index is 457. The molecule has 1 rings (SSSR count). The molecular formula is C16H34N4O2S. The lowest BCUT2D eigenvalue weighted by Crippen LogP contribution is -2.46. The van der Waals surface area contributed by atoms with Crippen LogP contribution in [-0.4, -0.2) is 57.7 Å². The van der Waals surface area contributed by atoms with Gasteiger partial charge in [0.2, 0.25) is 10.0 Å². The standard InChI is InChI=1S/C16H34N4O2S/c1-5-6-7-8-14(2)19-16(17-3)18-13-15-9-11-20(12-10-15)23(4,21)22/h14-15H,5-13H2,1-4H3,(H2,17,18,19). The Morgan fingerprint density at radius 3 is 2.48 bits per heavy atom. The minimum atomic E-state index is -3.04. The Morgan fingerprint density at radius 2 is 1.96 bits per heavy atom. The number of nitrogens with zero attached hydrogens (tertiary/aromatic N) is 2. The topological polar surface area (TPSA) is 73.8 Å². The van der Waals surface area contributed by atoms with Gasteiger partial charge in [0.1, 0.15) is 0 Å². The van der Waals surface area contributed by atoms with Crippen LogP contribution in [0.3, 0.4) is 0 Å². The van der Waals surface area contributed by atoms with Crippen LogP contribution in [0.1, 0.15) is 52.4 Å². The van der Waals surface area contributed by atoms with Gasteiger partial charge in [0.05, 0.1) is 6.26 Å². The average molecular weight is 347 g/mol. The van der Waals surface area contributed by atoms with E-state index in [0.717, 1.165) is 31.8 Å². The molecule has 6 nitrogen and oxygen atoms in total. The molecule has 0 aliphatic carbocycles. The summed E-state index contributed by atoms with van der Waals surface area (Å²) in [5.74, 6) is 1.35. The van der Waals surface area contributed by atoms with Gasteiger partial charge in [-0.1, -0.05) is 26.2 Å². The van der Waals surface area contributed by atoms with Gasteiger partial charge in [-0.15, -0.1) is 0 Å². The van der Waals surface area contributed by atoms with Gasteiger partial charge in [0.25, 0.3) is 0 Å². The van der Waals surface area contributed by atoms with Crippen molar-refractivity contribution >= 4 is 16.0 Å². The lowest BCUT2D eigenvalue weighted by atomic mass is 9.98. The molecule has 7 heteroatoms. The molecule has 23 heavy (non-hydrogen) atoms. The Kier molecular flexibility index (Phi) is 8.91. The van der Waals surface area contributed by atoms with E-state index in [1.165, 1.54) is 25.5 Å². The zero-order chi connectivity index (χ0) is 17.3. The zero-order valence-electron chi connectivity index (χ0n) is 15.1. The summed E-state index contributed by atoms with van der Waals surface area (Å²) in [4.78, 5) is 4.28. The molecule has 0 aromatic heterocycles. The van der Waals surface area contributed by atoms with Crippen LogP contribution in [0.5, 0.6) is 0 Å². The summed E-state index contributed by atoms with van der Waals surface area (Å²) in [5.41, 5.74) is 0. The van der Waals surface area contributed by atoms with Gasteiger partial charge in [0.15, 0.2) is 5.96 Å². The van der Waals surface area contributed by atoms with Gasteiger partial charge in [0, 0.05) is 32.7 Å². The Morgan fingerprint density at radius 1 is 1.30 bits per heavy atom. The molecule has 1 atom stereocenters. The van der Waals surface area contributed by atoms with Crippen molar-refractivity contribution in [2.45, 2.75) is 58.4 Å². The second kappa shape index (κ2) is 10.1. The lowest BCUT2D eigenvalue weighted by molar-refractivity contribution is 0.274. The molecule has 0 radical (unpaired) electrons. The fourth-order valence-corrected chi connectivity index (χ4v) is 3.76. The number of hydrogen-bond acceptors (Lipinski definition) is 3. The van der Waals surface area contributed by atoms with Crippen LogP contribution >= 0.6 is 0 Å². The molecule has 0 aromatic carbocycles. The Hall–Kier alpha value is -0.820. The molecule has 0 aromatic rings. The molecule has 1 aliphatic rings. The maximum absolute atomic E-state index is 11.5. The van der Waals surface area contributed by atoms with Crippen molar-refractivity contribution in [1.82, 2.24) is 14.9 Å². The first-order valence-corrected chi connectivity index (χ1v) is 10.6. The molecule has 0 spiro atoms. The third-order valence-electron chi connectivity index (χ3n) is 4.45. The number of guanidine groups is 1. The fraction of sp³-hybridized carbons (Fsp3) is 0.938. The molecular weight excluding hydrogens is 312 g/mol. The summed E-state index contributed by atoms with van der Waals surface area (Å²) in [6, 6.07) is 0.417. The van der Waals surface area contributed by atoms with Crippen molar-refractivity contribution in [3.63, 3.8) is 0 Å². The van der Waals surface area contributed by atoms with Crippen molar-refractivity contribution in [1.29, 1.82) is 0 Å². The second-order valence-electron chi connectivity index (χ2n) is 6.60. The van der Waals surface area contributed by atoms with Crippen molar-refractivity contribution in [2.24, 2.45) is 10.9 Å². The summed E-state index contributed by atoms with van der Waals surface area (Å²) < 4.78 is 24.6. The highest BCUT2D eigenvalue weighted by atomic mass is 32.2. The number of nitrogens with one attached hydrogen (secondary N) is 2. The van der Waals surface area contributed by atoms with Crippen LogP contribution < -0.4 is 10.6 Å². The van der Waals surface area contributed by atoms with E-state index in [1.807, 2.05) is 0 Å². The first-order chi connectivity index (χ1) is 10.9. The number of piperidine rings is 1. The molecule has 2 N–H and O–H groups in total. The SMILES string of the molecule is CCCCCC(C)NC(=NC)NCC1CCN(S(C)(=O)=O)CC1. The fourth-order valence-electron chi connectivity index (χ4n) is 2.89. The summed E-state index contributed by atoms with van der Waals surface area (Å²) in [6.07, 6.45) is 8.01. The summed E-state index contributed by atoms with van der Waals surface area (Å²) in [7, 11) is -1.24. The van der Waals surface area contributed by atoms with Gasteiger partial charge in [-0.05, 0) is 32.1 Å². The largest absolute Gasteiger partial charge is 0.356 e. The minimum Gasteiger partial charge on any atom is -0.356 e. The molecule has 1 unspecified atom stereocenters. The quantitative estimate of drug-likeness (QED) is 0.399. The van der Waals surface area contributed by atoms with Crippen LogP contribution in [0.2, 0.25) is 0 Å². The van der Waals surface area contributed by atoms with Crippen molar-refractivity contribution in [3.8, 4) is 0 Å². The molecule has 1 saturated heterocycles. The number of hydrogen-bond donors (Lipinski definition) is 2. The third-order valence-corrected chi connectivity index (χ3v) is 5.75. The Balaban J connectivity index is 2.28. The van der Waals surface area contributed by atoms with E-state index in [1.54, 1.807) is 11.4 Å². The minimum absolute atomic E-state index is 0.417. The van der Waals surface area contributed by atoms with Crippen molar-refractivity contribution in [3.05, 3.63) is 0 Å². The smallest absolute Gasteiger partial charge is 0.211 e. The van der Waals surface area contributed by atoms with Crippen LogP contribution in [0, 0.1) is 5.92 Å². The first kappa shape index (κ1) is 20.2. The highest BCUT2D eigenvalue weighted by Crippen LogP contribution is 2.18. The predicted octanol–water partition coefficient (Wildman–Crippen LogP) is 1.79. The summed E-state index contributed by atoms with van der Waals surface area (Å²) in [5, 5.41) is 6.82. The van der Waals surface area contributed by atoms with E-state index in [4.69, 9.17) is 0 Å².